The van der Waals surface area contributed by atoms with Gasteiger partial charge in [0.2, 0.25) is 0 Å². The Morgan fingerprint density at radius 2 is 2.15 bits per heavy atom. The molecule has 2 aliphatic rings. The number of hydrogen-bond donors (Lipinski definition) is 2. The Balaban J connectivity index is 1.64. The van der Waals surface area contributed by atoms with Gasteiger partial charge in [-0.05, 0) is 38.0 Å². The minimum absolute atomic E-state index is 0.0444. The van der Waals surface area contributed by atoms with Crippen LogP contribution in [0.25, 0.3) is 0 Å². The average molecular weight is 284 g/mol. The summed E-state index contributed by atoms with van der Waals surface area (Å²) in [7, 11) is 0. The van der Waals surface area contributed by atoms with E-state index in [0.717, 1.165) is 32.4 Å². The number of carbonyl (C=O) groups excluding carboxylic acids is 1. The number of hydrogen-bond acceptors (Lipinski definition) is 3. The molecule has 2 amide bonds. The molecule has 0 aliphatic carbocycles. The highest BCUT2D eigenvalue weighted by atomic mass is 16.5. The van der Waals surface area contributed by atoms with Crippen LogP contribution in [0.5, 0.6) is 0 Å². The highest BCUT2D eigenvalue weighted by Gasteiger charge is 2.27. The molecule has 20 heavy (non-hydrogen) atoms. The van der Waals surface area contributed by atoms with Gasteiger partial charge >= 0.3 is 12.0 Å². The van der Waals surface area contributed by atoms with E-state index < -0.39 is 5.97 Å². The molecule has 2 atom stereocenters. The van der Waals surface area contributed by atoms with Crippen LogP contribution in [0, 0.1) is 5.92 Å². The lowest BCUT2D eigenvalue weighted by atomic mass is 10.0. The van der Waals surface area contributed by atoms with Gasteiger partial charge in [0.05, 0.1) is 6.10 Å². The summed E-state index contributed by atoms with van der Waals surface area (Å²) in [4.78, 5) is 24.3. The van der Waals surface area contributed by atoms with Crippen molar-refractivity contribution in [2.75, 3.05) is 26.2 Å². The fourth-order valence-electron chi connectivity index (χ4n) is 2.86. The van der Waals surface area contributed by atoms with Crippen LogP contribution in [0.1, 0.15) is 38.5 Å². The number of nitrogens with zero attached hydrogens (tertiary/aromatic N) is 1. The van der Waals surface area contributed by atoms with Crippen molar-refractivity contribution in [1.82, 2.24) is 10.2 Å². The number of carbonyl (C=O) groups is 2. The minimum atomic E-state index is -0.762. The maximum absolute atomic E-state index is 12.0. The monoisotopic (exact) mass is 284 g/mol. The van der Waals surface area contributed by atoms with Crippen LogP contribution in [0.3, 0.4) is 0 Å². The van der Waals surface area contributed by atoms with Gasteiger partial charge in [0.1, 0.15) is 0 Å². The van der Waals surface area contributed by atoms with Crippen molar-refractivity contribution < 1.29 is 19.4 Å². The molecule has 2 rings (SSSR count). The lowest BCUT2D eigenvalue weighted by molar-refractivity contribution is -0.137. The van der Waals surface area contributed by atoms with Crippen LogP contribution < -0.4 is 5.32 Å². The van der Waals surface area contributed by atoms with E-state index in [-0.39, 0.29) is 18.6 Å². The first-order valence-corrected chi connectivity index (χ1v) is 7.51. The summed E-state index contributed by atoms with van der Waals surface area (Å²) in [5, 5.41) is 11.6. The van der Waals surface area contributed by atoms with Crippen molar-refractivity contribution in [2.24, 2.45) is 5.92 Å². The van der Waals surface area contributed by atoms with Gasteiger partial charge in [0.25, 0.3) is 0 Å². The van der Waals surface area contributed by atoms with Crippen LogP contribution in [0.4, 0.5) is 4.79 Å². The number of nitrogens with one attached hydrogen (secondary N) is 1. The predicted molar refractivity (Wildman–Crippen MR) is 73.5 cm³/mol. The van der Waals surface area contributed by atoms with Crippen LogP contribution in [0.15, 0.2) is 0 Å². The lowest BCUT2D eigenvalue weighted by Crippen LogP contribution is -2.43. The third kappa shape index (κ3) is 4.67. The second kappa shape index (κ2) is 7.47. The first kappa shape index (κ1) is 15.1. The van der Waals surface area contributed by atoms with Crippen molar-refractivity contribution in [3.63, 3.8) is 0 Å². The summed E-state index contributed by atoms with van der Waals surface area (Å²) < 4.78 is 5.58. The molecule has 2 unspecified atom stereocenters. The van der Waals surface area contributed by atoms with Crippen molar-refractivity contribution in [3.8, 4) is 0 Å². The Morgan fingerprint density at radius 1 is 1.30 bits per heavy atom. The van der Waals surface area contributed by atoms with E-state index >= 15 is 0 Å². The minimum Gasteiger partial charge on any atom is -0.481 e. The molecule has 0 bridgehead atoms. The van der Waals surface area contributed by atoms with Crippen molar-refractivity contribution in [2.45, 2.75) is 44.6 Å². The number of aliphatic carboxylic acids is 1. The Kier molecular flexibility index (Phi) is 5.64. The van der Waals surface area contributed by atoms with E-state index in [1.165, 1.54) is 6.42 Å². The van der Waals surface area contributed by atoms with Crippen LogP contribution in [-0.4, -0.2) is 54.4 Å². The maximum atomic E-state index is 12.0. The first-order chi connectivity index (χ1) is 9.65. The third-order valence-corrected chi connectivity index (χ3v) is 4.09. The molecule has 0 saturated carbocycles. The molecule has 0 spiro atoms. The van der Waals surface area contributed by atoms with E-state index in [0.29, 0.717) is 25.4 Å². The average Bonchev–Trinajstić information content (AvgIpc) is 2.92. The number of carboxylic acid groups (broad SMARTS) is 1. The molecule has 0 radical (unpaired) electrons. The molecule has 0 aromatic carbocycles. The number of urea groups is 1. The van der Waals surface area contributed by atoms with Gasteiger partial charge in [-0.25, -0.2) is 4.79 Å². The normalized spacial score (nSPS) is 26.5. The first-order valence-electron chi connectivity index (χ1n) is 7.51. The molecule has 2 aliphatic heterocycles. The SMILES string of the molecule is O=C(O)CCC1CCN(C(=O)NCC2CCCCO2)C1. The zero-order chi connectivity index (χ0) is 14.4. The largest absolute Gasteiger partial charge is 0.481 e. The predicted octanol–water partition coefficient (Wildman–Crippen LogP) is 1.45. The highest BCUT2D eigenvalue weighted by molar-refractivity contribution is 5.74. The number of amides is 2. The molecule has 2 saturated heterocycles. The van der Waals surface area contributed by atoms with Crippen LogP contribution >= 0.6 is 0 Å². The molecule has 6 nitrogen and oxygen atoms in total. The summed E-state index contributed by atoms with van der Waals surface area (Å²) in [5.74, 6) is -0.440. The van der Waals surface area contributed by atoms with E-state index in [9.17, 15) is 9.59 Å². The molecule has 2 heterocycles. The van der Waals surface area contributed by atoms with Crippen LogP contribution in [-0.2, 0) is 9.53 Å². The van der Waals surface area contributed by atoms with Gasteiger partial charge in [-0.15, -0.1) is 0 Å². The summed E-state index contributed by atoms with van der Waals surface area (Å²) in [6.45, 7) is 2.77. The number of ether oxygens (including phenoxy) is 1. The smallest absolute Gasteiger partial charge is 0.317 e. The van der Waals surface area contributed by atoms with Crippen molar-refractivity contribution in [1.29, 1.82) is 0 Å². The molecular weight excluding hydrogens is 260 g/mol. The number of likely N-dealkylation sites (tertiary alicyclic amines) is 1. The summed E-state index contributed by atoms with van der Waals surface area (Å²) in [6, 6.07) is -0.0444. The van der Waals surface area contributed by atoms with Gasteiger partial charge in [-0.2, -0.15) is 0 Å². The molecule has 6 heteroatoms. The standard InChI is InChI=1S/C14H24N2O4/c17-13(18)5-4-11-6-7-16(10-11)14(19)15-9-12-3-1-2-8-20-12/h11-12H,1-10H2,(H,15,19)(H,17,18). The summed E-state index contributed by atoms with van der Waals surface area (Å²) >= 11 is 0. The lowest BCUT2D eigenvalue weighted by Gasteiger charge is -2.24. The molecular formula is C14H24N2O4. The Hall–Kier alpha value is -1.30. The summed E-state index contributed by atoms with van der Waals surface area (Å²) in [5.41, 5.74) is 0. The summed E-state index contributed by atoms with van der Waals surface area (Å²) in [6.07, 6.45) is 5.20. The van der Waals surface area contributed by atoms with Gasteiger partial charge in [-0.1, -0.05) is 0 Å². The van der Waals surface area contributed by atoms with Gasteiger partial charge in [0, 0.05) is 32.7 Å². The molecule has 0 aromatic heterocycles. The molecule has 2 N–H and O–H groups in total. The maximum Gasteiger partial charge on any atom is 0.317 e. The Morgan fingerprint density at radius 3 is 2.85 bits per heavy atom. The fraction of sp³-hybridized carbons (Fsp3) is 0.857. The Labute approximate surface area is 119 Å². The van der Waals surface area contributed by atoms with E-state index in [4.69, 9.17) is 9.84 Å². The fourth-order valence-corrected chi connectivity index (χ4v) is 2.86. The zero-order valence-electron chi connectivity index (χ0n) is 11.8. The van der Waals surface area contributed by atoms with E-state index in [1.807, 2.05) is 0 Å². The van der Waals surface area contributed by atoms with E-state index in [1.54, 1.807) is 4.90 Å². The topological polar surface area (TPSA) is 78.9 Å². The van der Waals surface area contributed by atoms with Crippen LogP contribution in [0.2, 0.25) is 0 Å². The second-order valence-corrected chi connectivity index (χ2v) is 5.71. The van der Waals surface area contributed by atoms with Crippen molar-refractivity contribution >= 4 is 12.0 Å². The Bertz CT molecular complexity index is 342. The van der Waals surface area contributed by atoms with Gasteiger partial charge in [-0.3, -0.25) is 4.79 Å². The highest BCUT2D eigenvalue weighted by Crippen LogP contribution is 2.21. The quantitative estimate of drug-likeness (QED) is 0.801. The molecule has 0 aromatic rings. The van der Waals surface area contributed by atoms with Gasteiger partial charge in [0.15, 0.2) is 0 Å². The second-order valence-electron chi connectivity index (χ2n) is 5.71. The van der Waals surface area contributed by atoms with Crippen molar-refractivity contribution in [3.05, 3.63) is 0 Å². The molecule has 114 valence electrons. The zero-order valence-corrected chi connectivity index (χ0v) is 11.8. The third-order valence-electron chi connectivity index (χ3n) is 4.09. The number of rotatable bonds is 5. The van der Waals surface area contributed by atoms with Gasteiger partial charge < -0.3 is 20.1 Å². The molecule has 2 fully saturated rings. The number of carboxylic acids is 1. The van der Waals surface area contributed by atoms with E-state index in [2.05, 4.69) is 5.32 Å².